The topological polar surface area (TPSA) is 90.2 Å². The Bertz CT molecular complexity index is 1150. The smallest absolute Gasteiger partial charge is 0.478 e. The summed E-state index contributed by atoms with van der Waals surface area (Å²) >= 11 is 0. The van der Waals surface area contributed by atoms with Crippen LogP contribution in [-0.4, -0.2) is 28.3 Å². The Kier molecular flexibility index (Phi) is 5.67. The molecule has 0 saturated heterocycles. The molecule has 32 heavy (non-hydrogen) atoms. The number of alkyl halides is 3. The number of nitrogens with zero attached hydrogens (tertiary/aromatic N) is 2. The van der Waals surface area contributed by atoms with Gasteiger partial charge in [0.25, 0.3) is 0 Å². The van der Waals surface area contributed by atoms with Crippen molar-refractivity contribution in [3.8, 4) is 22.8 Å². The lowest BCUT2D eigenvalue weighted by molar-refractivity contribution is -0.274. The maximum atomic E-state index is 12.3. The highest BCUT2D eigenvalue weighted by molar-refractivity contribution is 5.89. The van der Waals surface area contributed by atoms with Crippen LogP contribution in [-0.2, 0) is 4.84 Å². The van der Waals surface area contributed by atoms with Gasteiger partial charge in [0.05, 0.1) is 23.9 Å². The molecule has 1 aromatic heterocycles. The molecule has 0 bridgehead atoms. The predicted octanol–water partition coefficient (Wildman–Crippen LogP) is 5.20. The van der Waals surface area contributed by atoms with Crippen molar-refractivity contribution in [2.75, 3.05) is 0 Å². The van der Waals surface area contributed by atoms with Crippen LogP contribution in [0, 0.1) is 0 Å². The Balaban J connectivity index is 1.36. The monoisotopic (exact) mass is 444 g/mol. The number of aromatic carboxylic acids is 1. The molecule has 0 fully saturated rings. The third kappa shape index (κ3) is 5.15. The van der Waals surface area contributed by atoms with Crippen molar-refractivity contribution in [3.63, 3.8) is 0 Å². The highest BCUT2D eigenvalue weighted by Gasteiger charge is 2.31. The van der Waals surface area contributed by atoms with Crippen LogP contribution < -0.4 is 9.47 Å². The van der Waals surface area contributed by atoms with Crippen LogP contribution in [0.4, 0.5) is 13.2 Å². The molecule has 1 N–H and O–H groups in total. The van der Waals surface area contributed by atoms with Gasteiger partial charge in [-0.25, -0.2) is 4.79 Å². The van der Waals surface area contributed by atoms with E-state index in [1.165, 1.54) is 42.6 Å². The maximum Gasteiger partial charge on any atom is 0.573 e. The lowest BCUT2D eigenvalue weighted by Crippen LogP contribution is -2.17. The molecule has 1 aliphatic heterocycles. The molecular formula is C22H15F3N2O5. The Morgan fingerprint density at radius 3 is 2.47 bits per heavy atom. The van der Waals surface area contributed by atoms with Crippen LogP contribution >= 0.6 is 0 Å². The summed E-state index contributed by atoms with van der Waals surface area (Å²) in [6.45, 7) is 0. The first-order chi connectivity index (χ1) is 15.3. The molecule has 1 atom stereocenters. The van der Waals surface area contributed by atoms with Gasteiger partial charge in [-0.1, -0.05) is 29.4 Å². The minimum Gasteiger partial charge on any atom is -0.478 e. The highest BCUT2D eigenvalue weighted by atomic mass is 19.4. The summed E-state index contributed by atoms with van der Waals surface area (Å²) in [4.78, 5) is 20.7. The summed E-state index contributed by atoms with van der Waals surface area (Å²) in [5.74, 6) is -0.659. The summed E-state index contributed by atoms with van der Waals surface area (Å²) in [5.41, 5.74) is 2.00. The second-order valence-electron chi connectivity index (χ2n) is 6.77. The van der Waals surface area contributed by atoms with Gasteiger partial charge >= 0.3 is 12.3 Å². The fraction of sp³-hybridized carbons (Fsp3) is 0.136. The minimum atomic E-state index is -4.75. The first-order valence-electron chi connectivity index (χ1n) is 9.33. The number of oxime groups is 1. The van der Waals surface area contributed by atoms with E-state index in [-0.39, 0.29) is 23.6 Å². The van der Waals surface area contributed by atoms with Gasteiger partial charge in [-0.2, -0.15) is 0 Å². The molecule has 0 aliphatic carbocycles. The lowest BCUT2D eigenvalue weighted by atomic mass is 10.1. The van der Waals surface area contributed by atoms with Crippen LogP contribution in [0.15, 0.2) is 72.0 Å². The summed E-state index contributed by atoms with van der Waals surface area (Å²) < 4.78 is 46.3. The van der Waals surface area contributed by atoms with Gasteiger partial charge in [0.1, 0.15) is 11.5 Å². The van der Waals surface area contributed by atoms with Crippen LogP contribution in [0.2, 0.25) is 0 Å². The molecular weight excluding hydrogens is 429 g/mol. The van der Waals surface area contributed by atoms with Gasteiger partial charge < -0.3 is 19.4 Å². The fourth-order valence-corrected chi connectivity index (χ4v) is 3.04. The molecule has 0 radical (unpaired) electrons. The number of hydrogen-bond donors (Lipinski definition) is 1. The zero-order chi connectivity index (χ0) is 22.7. The third-order valence-corrected chi connectivity index (χ3v) is 4.50. The molecule has 0 spiro atoms. The lowest BCUT2D eigenvalue weighted by Gasteiger charge is -2.11. The number of carboxylic acid groups (broad SMARTS) is 1. The van der Waals surface area contributed by atoms with Crippen molar-refractivity contribution in [2.45, 2.75) is 18.9 Å². The molecule has 2 heterocycles. The van der Waals surface area contributed by atoms with Crippen molar-refractivity contribution in [2.24, 2.45) is 5.16 Å². The van der Waals surface area contributed by atoms with Crippen LogP contribution in [0.5, 0.6) is 11.5 Å². The van der Waals surface area contributed by atoms with E-state index in [0.717, 1.165) is 0 Å². The molecule has 3 aromatic rings. The SMILES string of the molecule is O=C(O)c1cccc(-c2ccc(OC3=NO[C@@H](c4ccc(OC(F)(F)F)cc4)C3)cn2)c1. The second kappa shape index (κ2) is 8.58. The highest BCUT2D eigenvalue weighted by Crippen LogP contribution is 2.31. The predicted molar refractivity (Wildman–Crippen MR) is 106 cm³/mol. The first-order valence-corrected chi connectivity index (χ1v) is 9.33. The molecule has 7 nitrogen and oxygen atoms in total. The Hall–Kier alpha value is -4.08. The number of carbonyl (C=O) groups is 1. The summed E-state index contributed by atoms with van der Waals surface area (Å²) in [6.07, 6.45) is -3.50. The molecule has 10 heteroatoms. The number of benzene rings is 2. The fourth-order valence-electron chi connectivity index (χ4n) is 3.04. The molecule has 4 rings (SSSR count). The summed E-state index contributed by atoms with van der Waals surface area (Å²) in [5, 5.41) is 13.0. The van der Waals surface area contributed by atoms with Gasteiger partial charge in [0.15, 0.2) is 6.10 Å². The van der Waals surface area contributed by atoms with E-state index in [1.807, 2.05) is 0 Å². The average Bonchev–Trinajstić information content (AvgIpc) is 3.22. The normalized spacial score (nSPS) is 15.6. The van der Waals surface area contributed by atoms with Gasteiger partial charge in [-0.3, -0.25) is 4.98 Å². The maximum absolute atomic E-state index is 12.3. The van der Waals surface area contributed by atoms with Gasteiger partial charge in [0.2, 0.25) is 5.90 Å². The largest absolute Gasteiger partial charge is 0.573 e. The van der Waals surface area contributed by atoms with Crippen molar-refractivity contribution in [1.82, 2.24) is 4.98 Å². The van der Waals surface area contributed by atoms with E-state index < -0.39 is 18.4 Å². The summed E-state index contributed by atoms with van der Waals surface area (Å²) in [6, 6.07) is 15.1. The minimum absolute atomic E-state index is 0.158. The standard InChI is InChI=1S/C22H15F3N2O5/c23-22(24,25)31-16-6-4-13(5-7-16)19-11-20(27-32-19)30-17-8-9-18(26-12-17)14-2-1-3-15(10-14)21(28)29/h1-10,12,19H,11H2,(H,28,29)/t19-/m1/s1. The van der Waals surface area contributed by atoms with Crippen molar-refractivity contribution < 1.29 is 37.4 Å². The van der Waals surface area contributed by atoms with Crippen LogP contribution in [0.3, 0.4) is 0 Å². The number of ether oxygens (including phenoxy) is 2. The van der Waals surface area contributed by atoms with E-state index in [9.17, 15) is 18.0 Å². The van der Waals surface area contributed by atoms with Gasteiger partial charge in [-0.05, 0) is 42.0 Å². The number of halogens is 3. The van der Waals surface area contributed by atoms with E-state index in [4.69, 9.17) is 14.7 Å². The second-order valence-corrected chi connectivity index (χ2v) is 6.77. The number of aromatic nitrogens is 1. The molecule has 2 aromatic carbocycles. The van der Waals surface area contributed by atoms with Crippen molar-refractivity contribution in [3.05, 3.63) is 78.0 Å². The number of pyridine rings is 1. The van der Waals surface area contributed by atoms with E-state index in [0.29, 0.717) is 22.6 Å². The van der Waals surface area contributed by atoms with Gasteiger partial charge in [0, 0.05) is 5.56 Å². The van der Waals surface area contributed by atoms with E-state index in [1.54, 1.807) is 24.3 Å². The Morgan fingerprint density at radius 2 is 1.81 bits per heavy atom. The number of carboxylic acids is 1. The number of hydrogen-bond acceptors (Lipinski definition) is 6. The Labute approximate surface area is 179 Å². The zero-order valence-electron chi connectivity index (χ0n) is 16.2. The van der Waals surface area contributed by atoms with Crippen molar-refractivity contribution in [1.29, 1.82) is 0 Å². The number of rotatable bonds is 5. The summed E-state index contributed by atoms with van der Waals surface area (Å²) in [7, 11) is 0. The first kappa shape index (κ1) is 21.2. The van der Waals surface area contributed by atoms with Crippen molar-refractivity contribution >= 4 is 11.9 Å². The quantitative estimate of drug-likeness (QED) is 0.582. The Morgan fingerprint density at radius 1 is 1.06 bits per heavy atom. The third-order valence-electron chi connectivity index (χ3n) is 4.50. The molecule has 1 aliphatic rings. The molecule has 0 unspecified atom stereocenters. The molecule has 0 saturated carbocycles. The van der Waals surface area contributed by atoms with E-state index >= 15 is 0 Å². The van der Waals surface area contributed by atoms with E-state index in [2.05, 4.69) is 14.9 Å². The molecule has 0 amide bonds. The van der Waals surface area contributed by atoms with Crippen LogP contribution in [0.25, 0.3) is 11.3 Å². The molecule has 164 valence electrons. The van der Waals surface area contributed by atoms with Crippen LogP contribution in [0.1, 0.15) is 28.4 Å². The van der Waals surface area contributed by atoms with Gasteiger partial charge in [-0.15, -0.1) is 13.2 Å². The average molecular weight is 444 g/mol. The zero-order valence-corrected chi connectivity index (χ0v) is 16.2.